The number of thioether (sulfide) groups is 1. The summed E-state index contributed by atoms with van der Waals surface area (Å²) in [6.45, 7) is 0. The van der Waals surface area contributed by atoms with E-state index in [0.717, 1.165) is 11.8 Å². The van der Waals surface area contributed by atoms with Crippen LogP contribution in [-0.2, 0) is 9.59 Å². The lowest BCUT2D eigenvalue weighted by molar-refractivity contribution is -0.140. The molecule has 0 saturated carbocycles. The molecule has 1 unspecified atom stereocenters. The van der Waals surface area contributed by atoms with Gasteiger partial charge in [-0.1, -0.05) is 0 Å². The second-order valence-corrected chi connectivity index (χ2v) is 4.16. The molecule has 0 aromatic rings. The number of rotatable bonds is 1. The summed E-state index contributed by atoms with van der Waals surface area (Å²) < 4.78 is 0. The smallest absolute Gasteiger partial charge is 0.324 e. The van der Waals surface area contributed by atoms with E-state index in [-0.39, 0.29) is 17.0 Å². The van der Waals surface area contributed by atoms with E-state index in [4.69, 9.17) is 5.11 Å². The summed E-state index contributed by atoms with van der Waals surface area (Å²) in [5.41, 5.74) is 0. The van der Waals surface area contributed by atoms with Gasteiger partial charge >= 0.3 is 5.97 Å². The molecular weight excluding hydrogens is 194 g/mol. The normalized spacial score (nSPS) is 31.8. The van der Waals surface area contributed by atoms with Crippen molar-refractivity contribution in [2.75, 3.05) is 0 Å². The average Bonchev–Trinajstić information content (AvgIpc) is 2.06. The number of nitrogens with zero attached hydrogens (tertiary/aromatic N) is 1. The third-order valence-corrected chi connectivity index (χ3v) is 3.43. The van der Waals surface area contributed by atoms with E-state index in [2.05, 4.69) is 0 Å². The minimum atomic E-state index is -1.07. The first-order valence-electron chi connectivity index (χ1n) is 3.69. The monoisotopic (exact) mass is 201 g/mol. The van der Waals surface area contributed by atoms with E-state index < -0.39 is 11.2 Å². The summed E-state index contributed by atoms with van der Waals surface area (Å²) in [7, 11) is 0. The highest BCUT2D eigenvalue weighted by atomic mass is 32.2. The molecule has 0 bridgehead atoms. The van der Waals surface area contributed by atoms with Crippen LogP contribution in [0.3, 0.4) is 0 Å². The molecule has 2 aliphatic rings. The van der Waals surface area contributed by atoms with Crippen LogP contribution >= 0.6 is 11.8 Å². The summed E-state index contributed by atoms with van der Waals surface area (Å²) >= 11 is 1.09. The molecule has 0 radical (unpaired) electrons. The van der Waals surface area contributed by atoms with Crippen molar-refractivity contribution < 1.29 is 19.8 Å². The van der Waals surface area contributed by atoms with Crippen molar-refractivity contribution in [3.05, 3.63) is 12.0 Å². The first-order valence-corrected chi connectivity index (χ1v) is 4.64. The molecule has 2 N–H and O–H groups in total. The topological polar surface area (TPSA) is 77.8 Å². The number of hydrogen-bond acceptors (Lipinski definition) is 4. The van der Waals surface area contributed by atoms with Gasteiger partial charge in [-0.25, -0.2) is 0 Å². The number of fused-ring (bicyclic) bond motifs is 1. The second-order valence-electron chi connectivity index (χ2n) is 2.87. The molecule has 2 rings (SSSR count). The highest BCUT2D eigenvalue weighted by molar-refractivity contribution is 8.01. The Kier molecular flexibility index (Phi) is 1.73. The van der Waals surface area contributed by atoms with Gasteiger partial charge in [0, 0.05) is 6.20 Å². The van der Waals surface area contributed by atoms with Crippen LogP contribution in [0.1, 0.15) is 6.42 Å². The third kappa shape index (κ3) is 1.17. The first kappa shape index (κ1) is 8.43. The molecule has 13 heavy (non-hydrogen) atoms. The Morgan fingerprint density at radius 3 is 2.92 bits per heavy atom. The van der Waals surface area contributed by atoms with Crippen LogP contribution in [0.15, 0.2) is 12.0 Å². The zero-order valence-corrected chi connectivity index (χ0v) is 7.32. The molecule has 2 heterocycles. The fourth-order valence-corrected chi connectivity index (χ4v) is 2.47. The summed E-state index contributed by atoms with van der Waals surface area (Å²) in [5, 5.41) is 16.9. The molecule has 0 spiro atoms. The van der Waals surface area contributed by atoms with Crippen molar-refractivity contribution in [1.29, 1.82) is 0 Å². The number of hydrogen-bond donors (Lipinski definition) is 2. The van der Waals surface area contributed by atoms with Crippen LogP contribution in [0.25, 0.3) is 0 Å². The van der Waals surface area contributed by atoms with Crippen molar-refractivity contribution in [2.24, 2.45) is 0 Å². The van der Waals surface area contributed by atoms with Crippen LogP contribution in [-0.4, -0.2) is 37.6 Å². The standard InChI is InChI=1S/C7H7NO4S/c9-3-2-8-4(10)1-5(8)13-6(3)7(11)12/h2,5-6,9H,1H2,(H,11,12)/t5-,6?/m1/s1. The van der Waals surface area contributed by atoms with Gasteiger partial charge in [-0.2, -0.15) is 0 Å². The zero-order chi connectivity index (χ0) is 9.59. The summed E-state index contributed by atoms with van der Waals surface area (Å²) in [4.78, 5) is 22.9. The SMILES string of the molecule is O=C(O)C1S[C@@H]2CC(=O)N2C=C1O. The predicted molar refractivity (Wildman–Crippen MR) is 45.0 cm³/mol. The van der Waals surface area contributed by atoms with Gasteiger partial charge in [-0.15, -0.1) is 11.8 Å². The Balaban J connectivity index is 2.21. The highest BCUT2D eigenvalue weighted by Gasteiger charge is 2.44. The minimum absolute atomic E-state index is 0.0760. The Hall–Kier alpha value is -1.17. The number of carboxylic acid groups (broad SMARTS) is 1. The van der Waals surface area contributed by atoms with Crippen molar-refractivity contribution in [3.8, 4) is 0 Å². The minimum Gasteiger partial charge on any atom is -0.509 e. The second kappa shape index (κ2) is 2.66. The predicted octanol–water partition coefficient (Wildman–Crippen LogP) is 0.144. The Bertz CT molecular complexity index is 314. The van der Waals surface area contributed by atoms with Gasteiger partial charge in [0.15, 0.2) is 5.25 Å². The largest absolute Gasteiger partial charge is 0.509 e. The Morgan fingerprint density at radius 1 is 1.69 bits per heavy atom. The van der Waals surface area contributed by atoms with Crippen molar-refractivity contribution >= 4 is 23.6 Å². The number of carboxylic acids is 1. The molecule has 6 heteroatoms. The van der Waals surface area contributed by atoms with Crippen LogP contribution in [0.4, 0.5) is 0 Å². The maximum absolute atomic E-state index is 10.9. The van der Waals surface area contributed by atoms with Gasteiger partial charge in [0.2, 0.25) is 5.91 Å². The molecular formula is C7H7NO4S. The van der Waals surface area contributed by atoms with E-state index in [9.17, 15) is 14.7 Å². The number of aliphatic carboxylic acids is 1. The lowest BCUT2D eigenvalue weighted by Gasteiger charge is -2.41. The van der Waals surface area contributed by atoms with Gasteiger partial charge in [0.25, 0.3) is 0 Å². The van der Waals surface area contributed by atoms with Crippen molar-refractivity contribution in [1.82, 2.24) is 4.90 Å². The molecule has 2 atom stereocenters. The summed E-state index contributed by atoms with van der Waals surface area (Å²) in [6, 6.07) is 0. The van der Waals surface area contributed by atoms with Crippen LogP contribution in [0.5, 0.6) is 0 Å². The molecule has 2 aliphatic heterocycles. The fourth-order valence-electron chi connectivity index (χ4n) is 1.29. The van der Waals surface area contributed by atoms with E-state index in [1.165, 1.54) is 11.1 Å². The molecule has 0 aromatic heterocycles. The van der Waals surface area contributed by atoms with E-state index in [1.54, 1.807) is 0 Å². The molecule has 70 valence electrons. The van der Waals surface area contributed by atoms with Crippen LogP contribution in [0.2, 0.25) is 0 Å². The number of amides is 1. The van der Waals surface area contributed by atoms with Gasteiger partial charge in [-0.05, 0) is 0 Å². The highest BCUT2D eigenvalue weighted by Crippen LogP contribution is 2.39. The van der Waals surface area contributed by atoms with Crippen molar-refractivity contribution in [3.63, 3.8) is 0 Å². The van der Waals surface area contributed by atoms with Gasteiger partial charge in [0.1, 0.15) is 5.76 Å². The maximum Gasteiger partial charge on any atom is 0.324 e. The fraction of sp³-hybridized carbons (Fsp3) is 0.429. The van der Waals surface area contributed by atoms with Crippen LogP contribution < -0.4 is 0 Å². The van der Waals surface area contributed by atoms with E-state index in [0.29, 0.717) is 6.42 Å². The molecule has 1 saturated heterocycles. The molecule has 0 aromatic carbocycles. The van der Waals surface area contributed by atoms with Crippen molar-refractivity contribution in [2.45, 2.75) is 17.0 Å². The number of aliphatic hydroxyl groups is 1. The van der Waals surface area contributed by atoms with Gasteiger partial charge in [-0.3, -0.25) is 9.59 Å². The number of carbonyl (C=O) groups is 2. The lowest BCUT2D eigenvalue weighted by atomic mass is 10.2. The number of aliphatic hydroxyl groups excluding tert-OH is 1. The zero-order valence-electron chi connectivity index (χ0n) is 6.51. The quantitative estimate of drug-likeness (QED) is 0.590. The molecule has 0 aliphatic carbocycles. The summed E-state index contributed by atoms with van der Waals surface area (Å²) in [5.74, 6) is -1.41. The Labute approximate surface area is 78.0 Å². The van der Waals surface area contributed by atoms with Crippen LogP contribution in [0, 0.1) is 0 Å². The molecule has 1 fully saturated rings. The lowest BCUT2D eigenvalue weighted by Crippen LogP contribution is -2.51. The van der Waals surface area contributed by atoms with E-state index in [1.807, 2.05) is 0 Å². The van der Waals surface area contributed by atoms with Gasteiger partial charge < -0.3 is 15.1 Å². The number of carbonyl (C=O) groups excluding carboxylic acids is 1. The first-order chi connectivity index (χ1) is 6.09. The summed E-state index contributed by atoms with van der Waals surface area (Å²) in [6.07, 6.45) is 1.57. The molecule has 5 nitrogen and oxygen atoms in total. The van der Waals surface area contributed by atoms with E-state index >= 15 is 0 Å². The van der Waals surface area contributed by atoms with Gasteiger partial charge in [0.05, 0.1) is 11.8 Å². The Morgan fingerprint density at radius 2 is 2.38 bits per heavy atom. The number of β-lactam (4-membered cyclic amide) rings is 1. The third-order valence-electron chi connectivity index (χ3n) is 2.00. The maximum atomic E-state index is 10.9. The average molecular weight is 201 g/mol. The molecule has 1 amide bonds.